The second kappa shape index (κ2) is 5.58. The van der Waals surface area contributed by atoms with Gasteiger partial charge in [-0.05, 0) is 78.9 Å². The van der Waals surface area contributed by atoms with Gasteiger partial charge in [-0.25, -0.2) is 0 Å². The van der Waals surface area contributed by atoms with Crippen LogP contribution >= 0.6 is 0 Å². The lowest BCUT2D eigenvalue weighted by Gasteiger charge is -2.46. The minimum Gasteiger partial charge on any atom is -0.312 e. The molecule has 2 saturated heterocycles. The Labute approximate surface area is 125 Å². The fourth-order valence-electron chi connectivity index (χ4n) is 4.34. The lowest BCUT2D eigenvalue weighted by molar-refractivity contribution is 0.0513. The molecular formula is C17H33N3. The van der Waals surface area contributed by atoms with Crippen LogP contribution in [0.25, 0.3) is 0 Å². The summed E-state index contributed by atoms with van der Waals surface area (Å²) in [6, 6.07) is 2.56. The monoisotopic (exact) mass is 279 g/mol. The third-order valence-corrected chi connectivity index (χ3v) is 5.92. The molecule has 0 aromatic rings. The highest BCUT2D eigenvalue weighted by atomic mass is 15.3. The van der Waals surface area contributed by atoms with Gasteiger partial charge in [-0.3, -0.25) is 9.80 Å². The molecule has 0 radical (unpaired) electrons. The normalized spacial score (nSPS) is 39.6. The van der Waals surface area contributed by atoms with Crippen LogP contribution in [0.1, 0.15) is 52.9 Å². The fraction of sp³-hybridized carbons (Fsp3) is 1.00. The lowest BCUT2D eigenvalue weighted by Crippen LogP contribution is -2.54. The molecule has 116 valence electrons. The molecule has 2 bridgehead atoms. The van der Waals surface area contributed by atoms with E-state index in [2.05, 4.69) is 42.9 Å². The number of nitrogens with zero attached hydrogens (tertiary/aromatic N) is 2. The minimum atomic E-state index is 0.262. The van der Waals surface area contributed by atoms with Gasteiger partial charge in [0.2, 0.25) is 0 Å². The van der Waals surface area contributed by atoms with Gasteiger partial charge >= 0.3 is 0 Å². The van der Waals surface area contributed by atoms with Crippen LogP contribution in [0.15, 0.2) is 0 Å². The molecule has 1 saturated carbocycles. The van der Waals surface area contributed by atoms with Crippen molar-refractivity contribution in [1.82, 2.24) is 15.1 Å². The zero-order chi connectivity index (χ0) is 14.3. The van der Waals surface area contributed by atoms with Gasteiger partial charge in [0, 0.05) is 30.2 Å². The lowest BCUT2D eigenvalue weighted by atomic mass is 9.77. The Morgan fingerprint density at radius 3 is 2.40 bits per heavy atom. The number of fused-ring (bicyclic) bond motifs is 2. The Morgan fingerprint density at radius 2 is 1.75 bits per heavy atom. The minimum absolute atomic E-state index is 0.262. The summed E-state index contributed by atoms with van der Waals surface area (Å²) in [6.45, 7) is 10.7. The van der Waals surface area contributed by atoms with Crippen molar-refractivity contribution in [3.8, 4) is 0 Å². The van der Waals surface area contributed by atoms with E-state index in [9.17, 15) is 0 Å². The van der Waals surface area contributed by atoms with E-state index in [1.165, 1.54) is 51.7 Å². The van der Waals surface area contributed by atoms with Crippen molar-refractivity contribution < 1.29 is 0 Å². The van der Waals surface area contributed by atoms with E-state index < -0.39 is 0 Å². The first-order valence-electron chi connectivity index (χ1n) is 8.65. The van der Waals surface area contributed by atoms with Crippen molar-refractivity contribution in [2.75, 3.05) is 26.7 Å². The van der Waals surface area contributed by atoms with Crippen molar-refractivity contribution in [3.05, 3.63) is 0 Å². The topological polar surface area (TPSA) is 18.5 Å². The Kier molecular flexibility index (Phi) is 4.13. The van der Waals surface area contributed by atoms with E-state index >= 15 is 0 Å². The Balaban J connectivity index is 1.54. The molecule has 0 aromatic heterocycles. The number of hydrogen-bond acceptors (Lipinski definition) is 3. The second-order valence-corrected chi connectivity index (χ2v) is 8.37. The Bertz CT molecular complexity index is 336. The second-order valence-electron chi connectivity index (χ2n) is 8.37. The van der Waals surface area contributed by atoms with Gasteiger partial charge in [-0.2, -0.15) is 0 Å². The molecule has 4 atom stereocenters. The van der Waals surface area contributed by atoms with Crippen LogP contribution in [0.4, 0.5) is 0 Å². The van der Waals surface area contributed by atoms with Crippen LogP contribution < -0.4 is 5.32 Å². The quantitative estimate of drug-likeness (QED) is 0.855. The summed E-state index contributed by atoms with van der Waals surface area (Å²) >= 11 is 0. The number of likely N-dealkylation sites (N-methyl/N-ethyl adjacent to an activating group) is 1. The molecule has 20 heavy (non-hydrogen) atoms. The van der Waals surface area contributed by atoms with E-state index in [-0.39, 0.29) is 5.54 Å². The third kappa shape index (κ3) is 3.05. The molecule has 1 N–H and O–H groups in total. The molecule has 1 aliphatic carbocycles. The van der Waals surface area contributed by atoms with Crippen LogP contribution in [0, 0.1) is 5.92 Å². The highest BCUT2D eigenvalue weighted by Gasteiger charge is 2.41. The molecule has 3 fully saturated rings. The molecule has 3 heteroatoms. The number of rotatable bonds is 3. The first-order valence-corrected chi connectivity index (χ1v) is 8.65. The first-order chi connectivity index (χ1) is 9.44. The molecule has 0 aromatic carbocycles. The summed E-state index contributed by atoms with van der Waals surface area (Å²) in [5.41, 5.74) is 0.262. The first kappa shape index (κ1) is 14.8. The van der Waals surface area contributed by atoms with Crippen molar-refractivity contribution in [3.63, 3.8) is 0 Å². The van der Waals surface area contributed by atoms with Crippen molar-refractivity contribution in [1.29, 1.82) is 0 Å². The van der Waals surface area contributed by atoms with Gasteiger partial charge in [-0.15, -0.1) is 0 Å². The molecule has 0 spiro atoms. The van der Waals surface area contributed by atoms with E-state index in [1.807, 2.05) is 0 Å². The van der Waals surface area contributed by atoms with Crippen molar-refractivity contribution in [2.45, 2.75) is 76.5 Å². The largest absolute Gasteiger partial charge is 0.312 e. The molecule has 2 aliphatic heterocycles. The van der Waals surface area contributed by atoms with Crippen LogP contribution in [-0.4, -0.2) is 60.1 Å². The van der Waals surface area contributed by atoms with Gasteiger partial charge in [0.1, 0.15) is 0 Å². The summed E-state index contributed by atoms with van der Waals surface area (Å²) in [4.78, 5) is 5.50. The highest BCUT2D eigenvalue weighted by molar-refractivity contribution is 4.97. The zero-order valence-corrected chi connectivity index (χ0v) is 13.9. The van der Waals surface area contributed by atoms with Crippen LogP contribution in [-0.2, 0) is 0 Å². The average molecular weight is 279 g/mol. The van der Waals surface area contributed by atoms with Crippen LogP contribution in [0.5, 0.6) is 0 Å². The molecule has 3 rings (SSSR count). The van der Waals surface area contributed by atoms with E-state index in [1.54, 1.807) is 0 Å². The molecule has 3 aliphatic rings. The fourth-order valence-corrected chi connectivity index (χ4v) is 4.34. The van der Waals surface area contributed by atoms with E-state index in [0.717, 1.165) is 24.0 Å². The molecule has 4 unspecified atom stereocenters. The zero-order valence-electron chi connectivity index (χ0n) is 13.9. The van der Waals surface area contributed by atoms with E-state index in [4.69, 9.17) is 0 Å². The van der Waals surface area contributed by atoms with Gasteiger partial charge in [0.25, 0.3) is 0 Å². The van der Waals surface area contributed by atoms with Gasteiger partial charge in [0.05, 0.1) is 0 Å². The van der Waals surface area contributed by atoms with Crippen molar-refractivity contribution in [2.24, 2.45) is 5.92 Å². The molecule has 0 amide bonds. The molecule has 2 heterocycles. The standard InChI is InChI=1S/C17H33N3/c1-17(2,3)18-11-13-5-8-16(13)20-10-9-14-6-7-15(12-20)19(14)4/h13-16,18H,5-12H2,1-4H3. The van der Waals surface area contributed by atoms with Crippen LogP contribution in [0.2, 0.25) is 0 Å². The summed E-state index contributed by atoms with van der Waals surface area (Å²) in [6.07, 6.45) is 7.11. The Hall–Kier alpha value is -0.120. The smallest absolute Gasteiger partial charge is 0.0223 e. The van der Waals surface area contributed by atoms with Crippen molar-refractivity contribution >= 4 is 0 Å². The number of likely N-dealkylation sites (tertiary alicyclic amines) is 1. The summed E-state index contributed by atoms with van der Waals surface area (Å²) in [5, 5.41) is 3.71. The predicted molar refractivity (Wildman–Crippen MR) is 85.0 cm³/mol. The SMILES string of the molecule is CN1C2CCC1CN(C1CCC1CNC(C)(C)C)CC2. The predicted octanol–water partition coefficient (Wildman–Crippen LogP) is 2.32. The Morgan fingerprint density at radius 1 is 1.00 bits per heavy atom. The summed E-state index contributed by atoms with van der Waals surface area (Å²) in [7, 11) is 2.35. The molecular weight excluding hydrogens is 246 g/mol. The third-order valence-electron chi connectivity index (χ3n) is 5.92. The number of hydrogen-bond donors (Lipinski definition) is 1. The maximum absolute atomic E-state index is 3.71. The maximum atomic E-state index is 3.71. The summed E-state index contributed by atoms with van der Waals surface area (Å²) < 4.78 is 0. The van der Waals surface area contributed by atoms with Gasteiger partial charge < -0.3 is 5.32 Å². The van der Waals surface area contributed by atoms with Gasteiger partial charge in [-0.1, -0.05) is 0 Å². The van der Waals surface area contributed by atoms with Gasteiger partial charge in [0.15, 0.2) is 0 Å². The van der Waals surface area contributed by atoms with Crippen LogP contribution in [0.3, 0.4) is 0 Å². The highest BCUT2D eigenvalue weighted by Crippen LogP contribution is 2.36. The average Bonchev–Trinajstić information content (AvgIpc) is 2.54. The summed E-state index contributed by atoms with van der Waals surface area (Å²) in [5.74, 6) is 0.885. The molecule has 3 nitrogen and oxygen atoms in total. The number of nitrogens with one attached hydrogen (secondary N) is 1. The van der Waals surface area contributed by atoms with E-state index in [0.29, 0.717) is 0 Å². The maximum Gasteiger partial charge on any atom is 0.0223 e.